The van der Waals surface area contributed by atoms with Crippen molar-refractivity contribution in [2.24, 2.45) is 0 Å². The van der Waals surface area contributed by atoms with Gasteiger partial charge in [0.25, 0.3) is 0 Å². The Balaban J connectivity index is 2.66. The summed E-state index contributed by atoms with van der Waals surface area (Å²) in [6.45, 7) is 3.64. The zero-order valence-electron chi connectivity index (χ0n) is 9.33. The van der Waals surface area contributed by atoms with Crippen LogP contribution in [0.5, 0.6) is 0 Å². The van der Waals surface area contributed by atoms with Crippen molar-refractivity contribution in [1.29, 1.82) is 0 Å². The van der Waals surface area contributed by atoms with Gasteiger partial charge in [-0.05, 0) is 31.5 Å². The highest BCUT2D eigenvalue weighted by atomic mass is 19.1. The smallest absolute Gasteiger partial charge is 0.123 e. The minimum absolute atomic E-state index is 0.265. The first-order valence-corrected chi connectivity index (χ1v) is 4.93. The number of benzene rings is 1. The van der Waals surface area contributed by atoms with Crippen molar-refractivity contribution in [3.8, 4) is 0 Å². The van der Waals surface area contributed by atoms with Gasteiger partial charge < -0.3 is 9.84 Å². The van der Waals surface area contributed by atoms with E-state index in [-0.39, 0.29) is 5.82 Å². The molecule has 0 spiro atoms. The topological polar surface area (TPSA) is 29.5 Å². The van der Waals surface area contributed by atoms with E-state index in [2.05, 4.69) is 0 Å². The summed E-state index contributed by atoms with van der Waals surface area (Å²) in [5, 5.41) is 9.88. The van der Waals surface area contributed by atoms with Crippen LogP contribution in [0.15, 0.2) is 24.3 Å². The zero-order valence-corrected chi connectivity index (χ0v) is 9.33. The predicted molar refractivity (Wildman–Crippen MR) is 57.2 cm³/mol. The average molecular weight is 212 g/mol. The summed E-state index contributed by atoms with van der Waals surface area (Å²) in [6.07, 6.45) is -0.144. The Bertz CT molecular complexity index is 306. The van der Waals surface area contributed by atoms with E-state index < -0.39 is 11.7 Å². The number of hydrogen-bond donors (Lipinski definition) is 1. The van der Waals surface area contributed by atoms with Crippen LogP contribution in [-0.4, -0.2) is 23.9 Å². The van der Waals surface area contributed by atoms with Gasteiger partial charge in [0.05, 0.1) is 11.7 Å². The molecule has 0 saturated heterocycles. The first kappa shape index (κ1) is 12.1. The maximum absolute atomic E-state index is 12.6. The largest absolute Gasteiger partial charge is 0.390 e. The van der Waals surface area contributed by atoms with Crippen molar-refractivity contribution in [1.82, 2.24) is 0 Å². The highest BCUT2D eigenvalue weighted by molar-refractivity contribution is 5.17. The molecule has 1 N–H and O–H groups in total. The number of ether oxygens (including phenoxy) is 1. The molecule has 2 nitrogen and oxygen atoms in total. The monoisotopic (exact) mass is 212 g/mol. The Morgan fingerprint density at radius 2 is 1.87 bits per heavy atom. The maximum atomic E-state index is 12.6. The summed E-state index contributed by atoms with van der Waals surface area (Å²) in [5.41, 5.74) is 0.308. The van der Waals surface area contributed by atoms with E-state index in [1.165, 1.54) is 12.1 Å². The minimum Gasteiger partial charge on any atom is -0.390 e. The lowest BCUT2D eigenvalue weighted by Gasteiger charge is -2.29. The van der Waals surface area contributed by atoms with Crippen LogP contribution in [-0.2, 0) is 11.2 Å². The molecule has 0 aliphatic rings. The van der Waals surface area contributed by atoms with Gasteiger partial charge in [-0.25, -0.2) is 4.39 Å². The number of methoxy groups -OCH3 is 1. The van der Waals surface area contributed by atoms with E-state index in [4.69, 9.17) is 4.74 Å². The summed E-state index contributed by atoms with van der Waals surface area (Å²) in [5.74, 6) is -0.265. The van der Waals surface area contributed by atoms with Crippen LogP contribution in [0.2, 0.25) is 0 Å². The fourth-order valence-electron chi connectivity index (χ4n) is 1.23. The Kier molecular flexibility index (Phi) is 3.83. The number of aliphatic hydroxyl groups excluding tert-OH is 1. The Morgan fingerprint density at radius 3 is 2.33 bits per heavy atom. The summed E-state index contributed by atoms with van der Waals surface area (Å²) >= 11 is 0. The Labute approximate surface area is 89.7 Å². The Morgan fingerprint density at radius 1 is 1.33 bits per heavy atom. The van der Waals surface area contributed by atoms with E-state index in [0.717, 1.165) is 5.56 Å². The van der Waals surface area contributed by atoms with E-state index in [1.807, 2.05) is 13.8 Å². The van der Waals surface area contributed by atoms with Crippen LogP contribution in [0, 0.1) is 5.82 Å². The normalized spacial score (nSPS) is 13.9. The van der Waals surface area contributed by atoms with Gasteiger partial charge in [0.2, 0.25) is 0 Å². The lowest BCUT2D eigenvalue weighted by atomic mass is 9.95. The molecule has 0 radical (unpaired) electrons. The third-order valence-corrected chi connectivity index (χ3v) is 2.67. The second-order valence-electron chi connectivity index (χ2n) is 4.15. The van der Waals surface area contributed by atoms with E-state index in [0.29, 0.717) is 6.42 Å². The molecule has 0 bridgehead atoms. The van der Waals surface area contributed by atoms with Crippen LogP contribution < -0.4 is 0 Å². The van der Waals surface area contributed by atoms with Gasteiger partial charge in [-0.15, -0.1) is 0 Å². The molecule has 1 aromatic rings. The first-order chi connectivity index (χ1) is 6.95. The second-order valence-corrected chi connectivity index (χ2v) is 4.15. The van der Waals surface area contributed by atoms with E-state index in [9.17, 15) is 9.50 Å². The van der Waals surface area contributed by atoms with Crippen molar-refractivity contribution < 1.29 is 14.2 Å². The second kappa shape index (κ2) is 4.73. The van der Waals surface area contributed by atoms with Gasteiger partial charge in [0, 0.05) is 13.5 Å². The summed E-state index contributed by atoms with van der Waals surface area (Å²) in [7, 11) is 1.56. The molecule has 1 unspecified atom stereocenters. The van der Waals surface area contributed by atoms with Gasteiger partial charge in [-0.1, -0.05) is 12.1 Å². The van der Waals surface area contributed by atoms with Gasteiger partial charge in [0.1, 0.15) is 5.82 Å². The molecule has 0 aliphatic carbocycles. The van der Waals surface area contributed by atoms with Crippen LogP contribution in [0.4, 0.5) is 4.39 Å². The first-order valence-electron chi connectivity index (χ1n) is 4.93. The molecule has 1 aromatic carbocycles. The zero-order chi connectivity index (χ0) is 11.5. The predicted octanol–water partition coefficient (Wildman–Crippen LogP) is 2.15. The molecular weight excluding hydrogens is 195 g/mol. The molecule has 15 heavy (non-hydrogen) atoms. The standard InChI is InChI=1S/C12H17FO2/c1-12(2,15-3)11(14)8-9-4-6-10(13)7-5-9/h4-7,11,14H,8H2,1-3H3. The highest BCUT2D eigenvalue weighted by Gasteiger charge is 2.27. The summed E-state index contributed by atoms with van der Waals surface area (Å²) in [4.78, 5) is 0. The summed E-state index contributed by atoms with van der Waals surface area (Å²) < 4.78 is 17.8. The average Bonchev–Trinajstić information content (AvgIpc) is 2.21. The van der Waals surface area contributed by atoms with Crippen molar-refractivity contribution in [2.75, 3.05) is 7.11 Å². The van der Waals surface area contributed by atoms with E-state index in [1.54, 1.807) is 19.2 Å². The highest BCUT2D eigenvalue weighted by Crippen LogP contribution is 2.18. The van der Waals surface area contributed by atoms with Crippen LogP contribution in [0.25, 0.3) is 0 Å². The van der Waals surface area contributed by atoms with E-state index >= 15 is 0 Å². The van der Waals surface area contributed by atoms with Gasteiger partial charge in [0.15, 0.2) is 0 Å². The van der Waals surface area contributed by atoms with Crippen LogP contribution in [0.3, 0.4) is 0 Å². The number of rotatable bonds is 4. The molecule has 1 rings (SSSR count). The third kappa shape index (κ3) is 3.29. The quantitative estimate of drug-likeness (QED) is 0.828. The molecule has 0 fully saturated rings. The van der Waals surface area contributed by atoms with Gasteiger partial charge in [-0.2, -0.15) is 0 Å². The molecular formula is C12H17FO2. The molecule has 0 saturated carbocycles. The lowest BCUT2D eigenvalue weighted by Crippen LogP contribution is -2.39. The molecule has 0 heterocycles. The molecule has 0 aliphatic heterocycles. The van der Waals surface area contributed by atoms with Crippen LogP contribution in [0.1, 0.15) is 19.4 Å². The van der Waals surface area contributed by atoms with Crippen molar-refractivity contribution >= 4 is 0 Å². The fourth-order valence-corrected chi connectivity index (χ4v) is 1.23. The molecule has 3 heteroatoms. The minimum atomic E-state index is -0.604. The molecule has 84 valence electrons. The number of aliphatic hydroxyl groups is 1. The number of hydrogen-bond acceptors (Lipinski definition) is 2. The van der Waals surface area contributed by atoms with Gasteiger partial charge in [-0.3, -0.25) is 0 Å². The van der Waals surface area contributed by atoms with Crippen molar-refractivity contribution in [2.45, 2.75) is 32.0 Å². The molecule has 0 aromatic heterocycles. The summed E-state index contributed by atoms with van der Waals surface area (Å²) in [6, 6.07) is 6.12. The third-order valence-electron chi connectivity index (χ3n) is 2.67. The van der Waals surface area contributed by atoms with Crippen molar-refractivity contribution in [3.63, 3.8) is 0 Å². The Hall–Kier alpha value is -0.930. The maximum Gasteiger partial charge on any atom is 0.123 e. The van der Waals surface area contributed by atoms with Gasteiger partial charge >= 0.3 is 0 Å². The fraction of sp³-hybridized carbons (Fsp3) is 0.500. The lowest BCUT2D eigenvalue weighted by molar-refractivity contribution is -0.0765. The molecule has 1 atom stereocenters. The SMILES string of the molecule is COC(C)(C)C(O)Cc1ccc(F)cc1. The number of halogens is 1. The van der Waals surface area contributed by atoms with Crippen molar-refractivity contribution in [3.05, 3.63) is 35.6 Å². The molecule has 0 amide bonds. The van der Waals surface area contributed by atoms with Crippen LogP contribution >= 0.6 is 0 Å².